The van der Waals surface area contributed by atoms with E-state index in [0.717, 1.165) is 0 Å². The van der Waals surface area contributed by atoms with Crippen molar-refractivity contribution in [1.82, 2.24) is 4.90 Å². The monoisotopic (exact) mass is 359 g/mol. The molecule has 1 heterocycles. The van der Waals surface area contributed by atoms with Crippen molar-refractivity contribution in [3.63, 3.8) is 0 Å². The molecule has 0 saturated carbocycles. The van der Waals surface area contributed by atoms with Crippen LogP contribution in [0.15, 0.2) is 0 Å². The van der Waals surface area contributed by atoms with E-state index in [4.69, 9.17) is 13.9 Å². The Morgan fingerprint density at radius 3 is 2.04 bits per heavy atom. The fraction of sp³-hybridized carbons (Fsp3) is 0.882. The van der Waals surface area contributed by atoms with Crippen molar-refractivity contribution in [1.29, 1.82) is 0 Å². The standard InChI is InChI=1S/C17H33NO5Si/c1-15(2,3)22-14(20)18-12-10-11-17(18,13(19)21-7)23-24(8,9)16(4,5)6/h10-12H2,1-9H3. The van der Waals surface area contributed by atoms with Crippen molar-refractivity contribution in [2.24, 2.45) is 0 Å². The van der Waals surface area contributed by atoms with Gasteiger partial charge < -0.3 is 13.9 Å². The fourth-order valence-electron chi connectivity index (χ4n) is 2.44. The van der Waals surface area contributed by atoms with Crippen LogP contribution in [0.4, 0.5) is 4.79 Å². The molecular weight excluding hydrogens is 326 g/mol. The molecule has 6 nitrogen and oxygen atoms in total. The van der Waals surface area contributed by atoms with Gasteiger partial charge in [-0.15, -0.1) is 0 Å². The van der Waals surface area contributed by atoms with Crippen molar-refractivity contribution < 1.29 is 23.5 Å². The minimum atomic E-state index is -2.32. The third-order valence-corrected chi connectivity index (χ3v) is 9.14. The van der Waals surface area contributed by atoms with Gasteiger partial charge in [0.1, 0.15) is 5.60 Å². The lowest BCUT2D eigenvalue weighted by molar-refractivity contribution is -0.175. The van der Waals surface area contributed by atoms with Crippen LogP contribution < -0.4 is 0 Å². The summed E-state index contributed by atoms with van der Waals surface area (Å²) >= 11 is 0. The van der Waals surface area contributed by atoms with Crippen LogP contribution in [0.1, 0.15) is 54.4 Å². The van der Waals surface area contributed by atoms with Crippen LogP contribution in [0.25, 0.3) is 0 Å². The second kappa shape index (κ2) is 6.67. The van der Waals surface area contributed by atoms with E-state index in [-0.39, 0.29) is 5.04 Å². The van der Waals surface area contributed by atoms with Crippen LogP contribution in [0.3, 0.4) is 0 Å². The van der Waals surface area contributed by atoms with Crippen molar-refractivity contribution in [3.8, 4) is 0 Å². The summed E-state index contributed by atoms with van der Waals surface area (Å²) < 4.78 is 16.9. The Labute approximate surface area is 147 Å². The molecule has 0 N–H and O–H groups in total. The third-order valence-electron chi connectivity index (χ3n) is 4.68. The van der Waals surface area contributed by atoms with Gasteiger partial charge in [-0.2, -0.15) is 0 Å². The zero-order valence-corrected chi connectivity index (χ0v) is 17.6. The number of ether oxygens (including phenoxy) is 2. The first-order valence-corrected chi connectivity index (χ1v) is 11.4. The molecule has 1 aliphatic rings. The summed E-state index contributed by atoms with van der Waals surface area (Å²) in [5.74, 6) is -0.532. The first-order valence-electron chi connectivity index (χ1n) is 8.45. The van der Waals surface area contributed by atoms with Crippen LogP contribution in [0, 0.1) is 0 Å². The van der Waals surface area contributed by atoms with Crippen LogP contribution in [-0.4, -0.2) is 50.3 Å². The van der Waals surface area contributed by atoms with Gasteiger partial charge in [-0.3, -0.25) is 4.90 Å². The maximum absolute atomic E-state index is 12.7. The Bertz CT molecular complexity index is 492. The van der Waals surface area contributed by atoms with Gasteiger partial charge in [0.25, 0.3) is 0 Å². The molecule has 1 atom stereocenters. The molecule has 1 fully saturated rings. The highest BCUT2D eigenvalue weighted by molar-refractivity contribution is 6.74. The van der Waals surface area contributed by atoms with Gasteiger partial charge in [0, 0.05) is 13.0 Å². The van der Waals surface area contributed by atoms with Crippen molar-refractivity contribution >= 4 is 20.4 Å². The summed E-state index contributed by atoms with van der Waals surface area (Å²) in [6.45, 7) is 16.2. The second-order valence-electron chi connectivity index (χ2n) is 8.87. The van der Waals surface area contributed by atoms with Gasteiger partial charge in [0.05, 0.1) is 7.11 Å². The van der Waals surface area contributed by atoms with Gasteiger partial charge in [0.2, 0.25) is 5.72 Å². The molecular formula is C17H33NO5Si. The Morgan fingerprint density at radius 2 is 1.62 bits per heavy atom. The van der Waals surface area contributed by atoms with E-state index in [1.54, 1.807) is 20.8 Å². The number of likely N-dealkylation sites (tertiary alicyclic amines) is 1. The number of carbonyl (C=O) groups is 2. The first-order chi connectivity index (χ1) is 10.7. The predicted octanol–water partition coefficient (Wildman–Crippen LogP) is 3.91. The van der Waals surface area contributed by atoms with Crippen LogP contribution in [0.5, 0.6) is 0 Å². The van der Waals surface area contributed by atoms with Gasteiger partial charge in [-0.1, -0.05) is 20.8 Å². The van der Waals surface area contributed by atoms with Crippen molar-refractivity contribution in [2.75, 3.05) is 13.7 Å². The van der Waals surface area contributed by atoms with Crippen molar-refractivity contribution in [2.45, 2.75) is 83.8 Å². The molecule has 0 bridgehead atoms. The number of carbonyl (C=O) groups excluding carboxylic acids is 2. The summed E-state index contributed by atoms with van der Waals surface area (Å²) in [5.41, 5.74) is -2.03. The van der Waals surface area contributed by atoms with E-state index in [1.807, 2.05) is 0 Å². The van der Waals surface area contributed by atoms with Crippen LogP contribution in [0.2, 0.25) is 18.1 Å². The van der Waals surface area contributed by atoms with E-state index in [2.05, 4.69) is 33.9 Å². The molecule has 0 radical (unpaired) electrons. The van der Waals surface area contributed by atoms with Gasteiger partial charge in [-0.05, 0) is 45.3 Å². The number of amides is 1. The molecule has 1 rings (SSSR count). The summed E-state index contributed by atoms with van der Waals surface area (Å²) in [5, 5.41) is -0.101. The van der Waals surface area contributed by atoms with Gasteiger partial charge >= 0.3 is 12.1 Å². The van der Waals surface area contributed by atoms with Crippen LogP contribution in [-0.2, 0) is 18.7 Å². The fourth-order valence-corrected chi connectivity index (χ4v) is 3.89. The van der Waals surface area contributed by atoms with Crippen molar-refractivity contribution in [3.05, 3.63) is 0 Å². The predicted molar refractivity (Wildman–Crippen MR) is 95.2 cm³/mol. The number of methoxy groups -OCH3 is 1. The molecule has 0 spiro atoms. The number of esters is 1. The molecule has 24 heavy (non-hydrogen) atoms. The maximum Gasteiger partial charge on any atom is 0.413 e. The number of hydrogen-bond donors (Lipinski definition) is 0. The lowest BCUT2D eigenvalue weighted by Gasteiger charge is -2.45. The Balaban J connectivity index is 3.24. The summed E-state index contributed by atoms with van der Waals surface area (Å²) in [7, 11) is -0.994. The molecule has 0 aromatic heterocycles. The van der Waals surface area contributed by atoms with E-state index in [9.17, 15) is 9.59 Å². The smallest absolute Gasteiger partial charge is 0.413 e. The van der Waals surface area contributed by atoms with Gasteiger partial charge in [0.15, 0.2) is 8.32 Å². The lowest BCUT2D eigenvalue weighted by Crippen LogP contribution is -2.62. The van der Waals surface area contributed by atoms with E-state index < -0.39 is 31.7 Å². The minimum absolute atomic E-state index is 0.101. The number of hydrogen-bond acceptors (Lipinski definition) is 5. The van der Waals surface area contributed by atoms with Gasteiger partial charge in [-0.25, -0.2) is 9.59 Å². The maximum atomic E-state index is 12.7. The molecule has 1 unspecified atom stereocenters. The molecule has 0 aromatic rings. The zero-order chi connectivity index (χ0) is 19.0. The molecule has 1 saturated heterocycles. The largest absolute Gasteiger partial charge is 0.465 e. The SMILES string of the molecule is COC(=O)C1(O[Si](C)(C)C(C)(C)C)CCCN1C(=O)OC(C)(C)C. The normalized spacial score (nSPS) is 22.5. The Morgan fingerprint density at radius 1 is 1.08 bits per heavy atom. The number of nitrogens with zero attached hydrogens (tertiary/aromatic N) is 1. The van der Waals surface area contributed by atoms with E-state index in [0.29, 0.717) is 19.4 Å². The molecule has 1 amide bonds. The molecule has 0 aromatic carbocycles. The quantitative estimate of drug-likeness (QED) is 0.565. The molecule has 1 aliphatic heterocycles. The lowest BCUT2D eigenvalue weighted by atomic mass is 10.1. The summed E-state index contributed by atoms with van der Waals surface area (Å²) in [4.78, 5) is 26.7. The molecule has 140 valence electrons. The second-order valence-corrected chi connectivity index (χ2v) is 13.6. The summed E-state index contributed by atoms with van der Waals surface area (Å²) in [6, 6.07) is 0. The summed E-state index contributed by atoms with van der Waals surface area (Å²) in [6.07, 6.45) is 0.554. The highest BCUT2D eigenvalue weighted by Crippen LogP contribution is 2.43. The molecule has 0 aliphatic carbocycles. The number of rotatable bonds is 3. The van der Waals surface area contributed by atoms with E-state index in [1.165, 1.54) is 12.0 Å². The van der Waals surface area contributed by atoms with Crippen LogP contribution >= 0.6 is 0 Å². The zero-order valence-electron chi connectivity index (χ0n) is 16.6. The highest BCUT2D eigenvalue weighted by atomic mass is 28.4. The van der Waals surface area contributed by atoms with E-state index >= 15 is 0 Å². The Hall–Kier alpha value is -1.08. The highest BCUT2D eigenvalue weighted by Gasteiger charge is 2.57. The Kier molecular flexibility index (Phi) is 5.83. The minimum Gasteiger partial charge on any atom is -0.465 e. The average Bonchev–Trinajstić information content (AvgIpc) is 2.78. The molecule has 7 heteroatoms. The topological polar surface area (TPSA) is 65.1 Å². The first kappa shape index (κ1) is 21.0. The third kappa shape index (κ3) is 4.30. The average molecular weight is 360 g/mol.